The number of halogens is 1. The topological polar surface area (TPSA) is 113 Å². The van der Waals surface area contributed by atoms with Gasteiger partial charge in [-0.2, -0.15) is 0 Å². The zero-order valence-electron chi connectivity index (χ0n) is 33.9. The van der Waals surface area contributed by atoms with Gasteiger partial charge in [0.15, 0.2) is 5.78 Å². The number of hydrogen-bond acceptors (Lipinski definition) is 6. The minimum absolute atomic E-state index is 0.00682. The van der Waals surface area contributed by atoms with Crippen molar-refractivity contribution in [3.63, 3.8) is 0 Å². The normalized spacial score (nSPS) is 37.0. The molecule has 1 aromatic carbocycles. The minimum Gasteiger partial charge on any atom is -0.481 e. The highest BCUT2D eigenvalue weighted by Gasteiger charge is 2.70. The van der Waals surface area contributed by atoms with E-state index in [-0.39, 0.29) is 64.2 Å². The van der Waals surface area contributed by atoms with E-state index in [0.717, 1.165) is 62.5 Å². The van der Waals surface area contributed by atoms with Gasteiger partial charge in [0.05, 0.1) is 18.9 Å². The predicted octanol–water partition coefficient (Wildman–Crippen LogP) is 9.57. The van der Waals surface area contributed by atoms with Crippen molar-refractivity contribution in [2.24, 2.45) is 56.2 Å². The highest BCUT2D eigenvalue weighted by atomic mass is 35.5. The summed E-state index contributed by atoms with van der Waals surface area (Å²) in [6.45, 7) is 21.3. The van der Waals surface area contributed by atoms with Crippen molar-refractivity contribution in [1.82, 2.24) is 5.32 Å². The highest BCUT2D eigenvalue weighted by Crippen LogP contribution is 2.77. The second kappa shape index (κ2) is 14.1. The fourth-order valence-electron chi connectivity index (χ4n) is 13.5. The molecule has 6 rings (SSSR count). The molecule has 0 aliphatic heterocycles. The first-order valence-electron chi connectivity index (χ1n) is 20.4. The van der Waals surface area contributed by atoms with Crippen molar-refractivity contribution in [2.45, 2.75) is 152 Å². The van der Waals surface area contributed by atoms with E-state index in [4.69, 9.17) is 16.3 Å². The van der Waals surface area contributed by atoms with Gasteiger partial charge in [-0.05, 0) is 120 Å². The van der Waals surface area contributed by atoms with Crippen LogP contribution in [0.5, 0.6) is 0 Å². The first-order chi connectivity index (χ1) is 24.6. The number of rotatable bonds is 11. The monoisotopic (exact) mass is 751 g/mol. The number of carboxylic acids is 1. The van der Waals surface area contributed by atoms with Gasteiger partial charge in [-0.25, -0.2) is 0 Å². The molecule has 5 aliphatic carbocycles. The molecule has 1 aromatic rings. The fourth-order valence-corrected chi connectivity index (χ4v) is 13.6. The maximum atomic E-state index is 14.0. The molecule has 9 atom stereocenters. The lowest BCUT2D eigenvalue weighted by Gasteiger charge is -2.72. The van der Waals surface area contributed by atoms with Crippen molar-refractivity contribution < 1.29 is 29.3 Å². The van der Waals surface area contributed by atoms with Crippen LogP contribution in [-0.2, 0) is 25.7 Å². The summed E-state index contributed by atoms with van der Waals surface area (Å²) >= 11 is 6.11. The van der Waals surface area contributed by atoms with Crippen molar-refractivity contribution >= 4 is 29.3 Å². The molecule has 8 heteroatoms. The van der Waals surface area contributed by atoms with E-state index in [1.807, 2.05) is 38.1 Å². The maximum Gasteiger partial charge on any atom is 0.306 e. The molecule has 53 heavy (non-hydrogen) atoms. The number of carbonyl (C=O) groups is 3. The van der Waals surface area contributed by atoms with Crippen LogP contribution in [0.4, 0.5) is 0 Å². The first kappa shape index (κ1) is 40.4. The number of benzene rings is 1. The van der Waals surface area contributed by atoms with Crippen molar-refractivity contribution in [3.8, 4) is 0 Å². The average molecular weight is 752 g/mol. The third-order valence-corrected chi connectivity index (χ3v) is 16.4. The summed E-state index contributed by atoms with van der Waals surface area (Å²) in [6.07, 6.45) is 7.51. The number of ketones is 1. The number of esters is 1. The number of aliphatic hydroxyl groups is 1. The van der Waals surface area contributed by atoms with Crippen LogP contribution in [0.25, 0.3) is 0 Å². The van der Waals surface area contributed by atoms with Crippen LogP contribution < -0.4 is 5.32 Å². The molecule has 4 fully saturated rings. The number of carboxylic acid groups (broad SMARTS) is 1. The van der Waals surface area contributed by atoms with Gasteiger partial charge in [0.2, 0.25) is 0 Å². The van der Waals surface area contributed by atoms with Gasteiger partial charge in [-0.1, -0.05) is 91.6 Å². The third-order valence-electron chi connectivity index (χ3n) is 16.2. The number of ether oxygens (including phenoxy) is 1. The molecule has 0 radical (unpaired) electrons. The molecule has 0 spiro atoms. The third kappa shape index (κ3) is 6.75. The van der Waals surface area contributed by atoms with E-state index in [0.29, 0.717) is 36.4 Å². The van der Waals surface area contributed by atoms with Crippen LogP contribution in [0.15, 0.2) is 35.4 Å². The van der Waals surface area contributed by atoms with E-state index in [1.54, 1.807) is 0 Å². The van der Waals surface area contributed by atoms with Gasteiger partial charge in [0.25, 0.3) is 0 Å². The molecule has 5 aliphatic rings. The summed E-state index contributed by atoms with van der Waals surface area (Å²) in [5, 5.41) is 25.7. The lowest BCUT2D eigenvalue weighted by molar-refractivity contribution is -0.235. The Morgan fingerprint density at radius 1 is 0.925 bits per heavy atom. The Kier molecular flexibility index (Phi) is 10.7. The average Bonchev–Trinajstić information content (AvgIpc) is 3.36. The molecule has 0 amide bonds. The standard InChI is InChI=1S/C45H66ClNO6/c1-27(2)38-31(48)22-45(34(49)26-47-25-28-10-12-29(46)13-11-28)21-20-43(8)30(39(38)45)14-15-33-42(7)18-17-35(41(5,6)32(42)16-19-44(33,43)9)53-37(52)24-40(3,4)23-36(50)51/h10-13,27,30,32-35,47,49H,14-26H2,1-9H3,(H,50,51)/t30-,32?,33-,34?,35+,42+,43-,44-,45?/m1/s1. The fraction of sp³-hybridized carbons (Fsp3) is 0.756. The predicted molar refractivity (Wildman–Crippen MR) is 209 cm³/mol. The molecule has 3 unspecified atom stereocenters. The summed E-state index contributed by atoms with van der Waals surface area (Å²) in [5.41, 5.74) is 2.14. The molecule has 294 valence electrons. The highest BCUT2D eigenvalue weighted by molar-refractivity contribution is 6.30. The zero-order chi connectivity index (χ0) is 38.9. The molecule has 0 heterocycles. The number of Topliss-reactive ketones (excluding diaryl/α,β-unsaturated/α-hetero) is 1. The van der Waals surface area contributed by atoms with Crippen LogP contribution in [0.2, 0.25) is 5.02 Å². The van der Waals surface area contributed by atoms with Gasteiger partial charge < -0.3 is 20.3 Å². The van der Waals surface area contributed by atoms with E-state index in [2.05, 4.69) is 53.8 Å². The summed E-state index contributed by atoms with van der Waals surface area (Å²) < 4.78 is 6.26. The quantitative estimate of drug-likeness (QED) is 0.193. The minimum atomic E-state index is -0.899. The number of aliphatic carboxylic acids is 1. The molecule has 7 nitrogen and oxygen atoms in total. The Hall–Kier alpha value is -2.22. The number of fused-ring (bicyclic) bond motifs is 7. The van der Waals surface area contributed by atoms with Crippen LogP contribution in [-0.4, -0.2) is 46.7 Å². The molecule has 0 bridgehead atoms. The van der Waals surface area contributed by atoms with Crippen molar-refractivity contribution in [2.75, 3.05) is 6.54 Å². The van der Waals surface area contributed by atoms with Gasteiger partial charge in [-0.15, -0.1) is 0 Å². The Morgan fingerprint density at radius 3 is 2.25 bits per heavy atom. The number of nitrogens with one attached hydrogen (secondary N) is 1. The zero-order valence-corrected chi connectivity index (χ0v) is 34.6. The van der Waals surface area contributed by atoms with E-state index >= 15 is 0 Å². The molecule has 0 saturated heterocycles. The number of hydrogen-bond donors (Lipinski definition) is 3. The van der Waals surface area contributed by atoms with Gasteiger partial charge >= 0.3 is 11.9 Å². The molecular weight excluding hydrogens is 686 g/mol. The Morgan fingerprint density at radius 2 is 1.60 bits per heavy atom. The van der Waals surface area contributed by atoms with E-state index in [9.17, 15) is 24.6 Å². The number of allylic oxidation sites excluding steroid dienone is 1. The molecule has 4 saturated carbocycles. The van der Waals surface area contributed by atoms with Gasteiger partial charge in [0, 0.05) is 35.4 Å². The van der Waals surface area contributed by atoms with E-state index in [1.165, 1.54) is 5.57 Å². The second-order valence-electron chi connectivity index (χ2n) is 20.4. The van der Waals surface area contributed by atoms with Crippen LogP contribution in [0.1, 0.15) is 139 Å². The van der Waals surface area contributed by atoms with Gasteiger partial charge in [-0.3, -0.25) is 14.4 Å². The van der Waals surface area contributed by atoms with Crippen molar-refractivity contribution in [3.05, 3.63) is 46.0 Å². The lowest BCUT2D eigenvalue weighted by Crippen LogP contribution is -2.66. The Bertz CT molecular complexity index is 1630. The maximum absolute atomic E-state index is 14.0. The van der Waals surface area contributed by atoms with Crippen LogP contribution in [0.3, 0.4) is 0 Å². The summed E-state index contributed by atoms with van der Waals surface area (Å²) in [5.74, 6) is 0.305. The van der Waals surface area contributed by atoms with Crippen LogP contribution >= 0.6 is 11.6 Å². The van der Waals surface area contributed by atoms with Gasteiger partial charge in [0.1, 0.15) is 6.10 Å². The van der Waals surface area contributed by atoms with E-state index < -0.39 is 22.9 Å². The summed E-state index contributed by atoms with van der Waals surface area (Å²) in [7, 11) is 0. The molecule has 0 aromatic heterocycles. The Labute approximate surface area is 323 Å². The SMILES string of the molecule is CC(C)C1=C2[C@H]3CC[C@@H]4[C@@]5(C)CC[C@H](OC(=O)CC(C)(C)CC(=O)O)C(C)(C)C5CC[C@@]4(C)[C@]3(C)CCC2(C(O)CNCc2ccc(Cl)cc2)CC1=O. The smallest absolute Gasteiger partial charge is 0.306 e. The largest absolute Gasteiger partial charge is 0.481 e. The summed E-state index contributed by atoms with van der Waals surface area (Å²) in [4.78, 5) is 38.7. The molecular formula is C45H66ClNO6. The lowest BCUT2D eigenvalue weighted by atomic mass is 9.33. The first-order valence-corrected chi connectivity index (χ1v) is 20.8. The second-order valence-corrected chi connectivity index (χ2v) is 20.8. The number of aliphatic hydroxyl groups excluding tert-OH is 1. The van der Waals surface area contributed by atoms with Crippen molar-refractivity contribution in [1.29, 1.82) is 0 Å². The summed E-state index contributed by atoms with van der Waals surface area (Å²) in [6, 6.07) is 7.80. The van der Waals surface area contributed by atoms with Crippen LogP contribution in [0, 0.1) is 56.2 Å². The number of carbonyl (C=O) groups excluding carboxylic acids is 2. The molecule has 3 N–H and O–H groups in total. The Balaban J connectivity index is 1.24.